The topological polar surface area (TPSA) is 101 Å². The van der Waals surface area contributed by atoms with Crippen LogP contribution in [0.2, 0.25) is 0 Å². The van der Waals surface area contributed by atoms with Crippen LogP contribution in [0.25, 0.3) is 0 Å². The van der Waals surface area contributed by atoms with Gasteiger partial charge in [0.1, 0.15) is 6.04 Å². The first-order valence-corrected chi connectivity index (χ1v) is 11.1. The number of nitrogens with two attached hydrogens (primary N) is 1. The maximum absolute atomic E-state index is 12.9. The SMILES string of the molecule is CC(CCC(=O)NC(Cc1ccc(Cc2ccccc2)cc1)C(=O)NC(C)(C)C)C(N)=O. The molecule has 0 heterocycles. The molecule has 2 unspecified atom stereocenters. The molecule has 6 nitrogen and oxygen atoms in total. The first-order chi connectivity index (χ1) is 15.0. The Morgan fingerprint density at radius 3 is 2.03 bits per heavy atom. The van der Waals surface area contributed by atoms with Crippen molar-refractivity contribution in [1.29, 1.82) is 0 Å². The molecule has 0 aliphatic heterocycles. The molecule has 2 aromatic rings. The summed E-state index contributed by atoms with van der Waals surface area (Å²) in [5, 5.41) is 5.78. The Hall–Kier alpha value is -3.15. The second-order valence-corrected chi connectivity index (χ2v) is 9.38. The molecule has 2 aromatic carbocycles. The molecule has 32 heavy (non-hydrogen) atoms. The van der Waals surface area contributed by atoms with E-state index >= 15 is 0 Å². The molecule has 2 atom stereocenters. The summed E-state index contributed by atoms with van der Waals surface area (Å²) in [5.41, 5.74) is 8.23. The highest BCUT2D eigenvalue weighted by Gasteiger charge is 2.25. The molecular formula is C26H35N3O3. The van der Waals surface area contributed by atoms with Gasteiger partial charge in [0.2, 0.25) is 17.7 Å². The number of nitrogens with one attached hydrogen (secondary N) is 2. The van der Waals surface area contributed by atoms with Crippen molar-refractivity contribution < 1.29 is 14.4 Å². The maximum atomic E-state index is 12.9. The normalized spacial score (nSPS) is 13.1. The van der Waals surface area contributed by atoms with E-state index in [-0.39, 0.29) is 24.2 Å². The van der Waals surface area contributed by atoms with Crippen molar-refractivity contribution in [1.82, 2.24) is 10.6 Å². The van der Waals surface area contributed by atoms with E-state index in [0.717, 1.165) is 12.0 Å². The third-order valence-corrected chi connectivity index (χ3v) is 5.15. The van der Waals surface area contributed by atoms with Crippen molar-refractivity contribution in [3.05, 3.63) is 71.3 Å². The number of carbonyl (C=O) groups is 3. The number of benzene rings is 2. The Morgan fingerprint density at radius 2 is 1.47 bits per heavy atom. The molecule has 0 saturated carbocycles. The van der Waals surface area contributed by atoms with Gasteiger partial charge >= 0.3 is 0 Å². The van der Waals surface area contributed by atoms with Gasteiger partial charge in [-0.25, -0.2) is 0 Å². The van der Waals surface area contributed by atoms with Crippen LogP contribution in [0.5, 0.6) is 0 Å². The van der Waals surface area contributed by atoms with E-state index in [1.807, 2.05) is 51.1 Å². The summed E-state index contributed by atoms with van der Waals surface area (Å²) in [7, 11) is 0. The lowest BCUT2D eigenvalue weighted by Gasteiger charge is -2.26. The quantitative estimate of drug-likeness (QED) is 0.532. The fourth-order valence-corrected chi connectivity index (χ4v) is 3.28. The second-order valence-electron chi connectivity index (χ2n) is 9.38. The zero-order chi connectivity index (χ0) is 23.7. The lowest BCUT2D eigenvalue weighted by Crippen LogP contribution is -2.53. The highest BCUT2D eigenvalue weighted by Crippen LogP contribution is 2.13. The van der Waals surface area contributed by atoms with Crippen molar-refractivity contribution in [2.24, 2.45) is 11.7 Å². The molecule has 0 aliphatic carbocycles. The van der Waals surface area contributed by atoms with Gasteiger partial charge in [0.05, 0.1) is 0 Å². The smallest absolute Gasteiger partial charge is 0.243 e. The van der Waals surface area contributed by atoms with Gasteiger partial charge in [-0.05, 0) is 50.3 Å². The van der Waals surface area contributed by atoms with Crippen LogP contribution in [-0.4, -0.2) is 29.3 Å². The molecule has 3 amide bonds. The van der Waals surface area contributed by atoms with Gasteiger partial charge in [0.15, 0.2) is 0 Å². The van der Waals surface area contributed by atoms with Gasteiger partial charge in [-0.1, -0.05) is 61.5 Å². The number of primary amides is 1. The number of amides is 3. The second kappa shape index (κ2) is 11.5. The first-order valence-electron chi connectivity index (χ1n) is 11.1. The Kier molecular flexibility index (Phi) is 9.00. The summed E-state index contributed by atoms with van der Waals surface area (Å²) >= 11 is 0. The minimum atomic E-state index is -0.703. The number of carbonyl (C=O) groups excluding carboxylic acids is 3. The van der Waals surface area contributed by atoms with Crippen molar-refractivity contribution in [3.8, 4) is 0 Å². The molecule has 172 valence electrons. The molecule has 0 spiro atoms. The molecular weight excluding hydrogens is 402 g/mol. The lowest BCUT2D eigenvalue weighted by molar-refractivity contribution is -0.130. The summed E-state index contributed by atoms with van der Waals surface area (Å²) in [6, 6.07) is 17.6. The van der Waals surface area contributed by atoms with Crippen molar-refractivity contribution >= 4 is 17.7 Å². The molecule has 0 bridgehead atoms. The summed E-state index contributed by atoms with van der Waals surface area (Å²) in [6.07, 6.45) is 1.71. The summed E-state index contributed by atoms with van der Waals surface area (Å²) < 4.78 is 0. The molecule has 0 aliphatic rings. The summed E-state index contributed by atoms with van der Waals surface area (Å²) in [6.45, 7) is 7.39. The molecule has 0 aromatic heterocycles. The fourth-order valence-electron chi connectivity index (χ4n) is 3.28. The summed E-state index contributed by atoms with van der Waals surface area (Å²) in [4.78, 5) is 36.5. The molecule has 2 rings (SSSR count). The Bertz CT molecular complexity index is 902. The predicted octanol–water partition coefficient (Wildman–Crippen LogP) is 3.12. The van der Waals surface area contributed by atoms with Crippen molar-refractivity contribution in [2.45, 2.75) is 65.0 Å². The van der Waals surface area contributed by atoms with Crippen molar-refractivity contribution in [3.63, 3.8) is 0 Å². The van der Waals surface area contributed by atoms with E-state index in [0.29, 0.717) is 12.8 Å². The van der Waals surface area contributed by atoms with Crippen molar-refractivity contribution in [2.75, 3.05) is 0 Å². The van der Waals surface area contributed by atoms with Gasteiger partial charge in [-0.15, -0.1) is 0 Å². The highest BCUT2D eigenvalue weighted by molar-refractivity contribution is 5.88. The fraction of sp³-hybridized carbons (Fsp3) is 0.423. The molecule has 0 fully saturated rings. The standard InChI is InChI=1S/C26H35N3O3/c1-18(24(27)31)10-15-23(30)28-22(25(32)29-26(2,3)4)17-21-13-11-20(12-14-21)16-19-8-6-5-7-9-19/h5-9,11-14,18,22H,10,15-17H2,1-4H3,(H2,27,31)(H,28,30)(H,29,32). The van der Waals surface area contributed by atoms with E-state index in [1.54, 1.807) is 6.92 Å². The third kappa shape index (κ3) is 8.92. The Balaban J connectivity index is 2.05. The van der Waals surface area contributed by atoms with Crippen LogP contribution in [0.3, 0.4) is 0 Å². The van der Waals surface area contributed by atoms with Crippen LogP contribution in [0.4, 0.5) is 0 Å². The Morgan fingerprint density at radius 1 is 0.906 bits per heavy atom. The number of rotatable bonds is 10. The van der Waals surface area contributed by atoms with Crippen LogP contribution in [0.15, 0.2) is 54.6 Å². The molecule has 0 saturated heterocycles. The van der Waals surface area contributed by atoms with E-state index in [1.165, 1.54) is 11.1 Å². The van der Waals surface area contributed by atoms with E-state index in [2.05, 4.69) is 34.9 Å². The molecule has 4 N–H and O–H groups in total. The minimum absolute atomic E-state index is 0.138. The minimum Gasteiger partial charge on any atom is -0.369 e. The van der Waals surface area contributed by atoms with Crippen LogP contribution < -0.4 is 16.4 Å². The van der Waals surface area contributed by atoms with Gasteiger partial charge in [0.25, 0.3) is 0 Å². The largest absolute Gasteiger partial charge is 0.369 e. The van der Waals surface area contributed by atoms with Crippen LogP contribution in [0, 0.1) is 5.92 Å². The average molecular weight is 438 g/mol. The van der Waals surface area contributed by atoms with Gasteiger partial charge < -0.3 is 16.4 Å². The lowest BCUT2D eigenvalue weighted by atomic mass is 9.99. The number of hydrogen-bond acceptors (Lipinski definition) is 3. The van der Waals surface area contributed by atoms with Gasteiger partial charge in [-0.2, -0.15) is 0 Å². The maximum Gasteiger partial charge on any atom is 0.243 e. The van der Waals surface area contributed by atoms with Crippen LogP contribution in [-0.2, 0) is 27.2 Å². The predicted molar refractivity (Wildman–Crippen MR) is 127 cm³/mol. The Labute approximate surface area is 191 Å². The highest BCUT2D eigenvalue weighted by atomic mass is 16.2. The molecule has 6 heteroatoms. The zero-order valence-electron chi connectivity index (χ0n) is 19.5. The van der Waals surface area contributed by atoms with Crippen LogP contribution >= 0.6 is 0 Å². The van der Waals surface area contributed by atoms with Gasteiger partial charge in [0, 0.05) is 24.3 Å². The van der Waals surface area contributed by atoms with E-state index in [4.69, 9.17) is 5.73 Å². The monoisotopic (exact) mass is 437 g/mol. The zero-order valence-corrected chi connectivity index (χ0v) is 19.5. The third-order valence-electron chi connectivity index (χ3n) is 5.15. The first kappa shape index (κ1) is 25.1. The molecule has 0 radical (unpaired) electrons. The van der Waals surface area contributed by atoms with Gasteiger partial charge in [-0.3, -0.25) is 14.4 Å². The summed E-state index contributed by atoms with van der Waals surface area (Å²) in [5.74, 6) is -1.33. The van der Waals surface area contributed by atoms with Crippen LogP contribution in [0.1, 0.15) is 57.2 Å². The number of hydrogen-bond donors (Lipinski definition) is 3. The average Bonchev–Trinajstić information content (AvgIpc) is 2.72. The van der Waals surface area contributed by atoms with E-state index < -0.39 is 17.5 Å². The van der Waals surface area contributed by atoms with E-state index in [9.17, 15) is 14.4 Å².